The number of sulfonamides is 1. The monoisotopic (exact) mass is 489 g/mol. The van der Waals surface area contributed by atoms with Gasteiger partial charge in [0.15, 0.2) is 4.80 Å². The van der Waals surface area contributed by atoms with Gasteiger partial charge in [0.1, 0.15) is 0 Å². The predicted molar refractivity (Wildman–Crippen MR) is 131 cm³/mol. The van der Waals surface area contributed by atoms with Gasteiger partial charge in [0.2, 0.25) is 10.0 Å². The van der Waals surface area contributed by atoms with Crippen molar-refractivity contribution in [2.24, 2.45) is 10.9 Å². The number of piperidine rings is 1. The van der Waals surface area contributed by atoms with Gasteiger partial charge >= 0.3 is 0 Å². The van der Waals surface area contributed by atoms with Crippen LogP contribution in [0.4, 0.5) is 0 Å². The average molecular weight is 490 g/mol. The Bertz CT molecular complexity index is 1300. The Morgan fingerprint density at radius 3 is 2.47 bits per heavy atom. The van der Waals surface area contributed by atoms with Gasteiger partial charge in [-0.15, -0.1) is 11.8 Å². The zero-order valence-electron chi connectivity index (χ0n) is 18.4. The van der Waals surface area contributed by atoms with Crippen LogP contribution in [0.1, 0.15) is 25.3 Å². The molecule has 1 saturated heterocycles. The Balaban J connectivity index is 1.51. The van der Waals surface area contributed by atoms with E-state index in [0.717, 1.165) is 22.3 Å². The molecule has 170 valence electrons. The van der Waals surface area contributed by atoms with Gasteiger partial charge in [-0.3, -0.25) is 4.79 Å². The summed E-state index contributed by atoms with van der Waals surface area (Å²) in [5.74, 6) is -0.409. The molecule has 0 radical (unpaired) electrons. The van der Waals surface area contributed by atoms with Crippen LogP contribution in [0.15, 0.2) is 57.2 Å². The van der Waals surface area contributed by atoms with Crippen LogP contribution in [0.5, 0.6) is 0 Å². The predicted octanol–water partition coefficient (Wildman–Crippen LogP) is 4.28. The highest BCUT2D eigenvalue weighted by atomic mass is 32.2. The molecule has 0 bridgehead atoms. The van der Waals surface area contributed by atoms with Crippen molar-refractivity contribution in [2.75, 3.05) is 19.3 Å². The lowest BCUT2D eigenvalue weighted by atomic mass is 9.98. The van der Waals surface area contributed by atoms with Gasteiger partial charge in [-0.05, 0) is 63.3 Å². The molecule has 0 saturated carbocycles. The van der Waals surface area contributed by atoms with Crippen LogP contribution in [0, 0.1) is 12.8 Å². The Hall–Kier alpha value is -1.94. The highest BCUT2D eigenvalue weighted by molar-refractivity contribution is 7.98. The number of thiazole rings is 1. The summed E-state index contributed by atoms with van der Waals surface area (Å²) in [6, 6.07) is 13.2. The summed E-state index contributed by atoms with van der Waals surface area (Å²) in [6.45, 7) is 5.38. The summed E-state index contributed by atoms with van der Waals surface area (Å²) in [7, 11) is -3.53. The minimum absolute atomic E-state index is 0.156. The SMILES string of the molecule is CCn1c(=NC(=O)C2CCN(S(=O)(=O)c3ccc(C)cc3)CC2)sc2cc(SC)ccc21. The van der Waals surface area contributed by atoms with E-state index in [2.05, 4.69) is 27.8 Å². The maximum Gasteiger partial charge on any atom is 0.251 e. The number of hydrogen-bond donors (Lipinski definition) is 0. The van der Waals surface area contributed by atoms with E-state index in [1.807, 2.05) is 20.1 Å². The zero-order chi connectivity index (χ0) is 22.9. The first-order chi connectivity index (χ1) is 15.3. The number of carbonyl (C=O) groups excluding carboxylic acids is 1. The molecule has 32 heavy (non-hydrogen) atoms. The maximum atomic E-state index is 13.0. The van der Waals surface area contributed by atoms with Crippen molar-refractivity contribution in [1.82, 2.24) is 8.87 Å². The zero-order valence-corrected chi connectivity index (χ0v) is 20.9. The Morgan fingerprint density at radius 1 is 1.16 bits per heavy atom. The molecule has 9 heteroatoms. The van der Waals surface area contributed by atoms with E-state index >= 15 is 0 Å². The minimum Gasteiger partial charge on any atom is -0.317 e. The molecule has 0 spiro atoms. The van der Waals surface area contributed by atoms with E-state index in [-0.39, 0.29) is 11.8 Å². The fourth-order valence-corrected chi connectivity index (χ4v) is 7.08. The lowest BCUT2D eigenvalue weighted by molar-refractivity contribution is -0.122. The molecule has 1 aliphatic rings. The summed E-state index contributed by atoms with van der Waals surface area (Å²) in [6.07, 6.45) is 3.02. The van der Waals surface area contributed by atoms with Crippen LogP contribution in [-0.4, -0.2) is 42.5 Å². The summed E-state index contributed by atoms with van der Waals surface area (Å²) in [4.78, 5) is 19.6. The number of hydrogen-bond acceptors (Lipinski definition) is 5. The molecule has 0 atom stereocenters. The third-order valence-corrected chi connectivity index (χ3v) is 9.55. The van der Waals surface area contributed by atoms with E-state index in [4.69, 9.17) is 0 Å². The van der Waals surface area contributed by atoms with Gasteiger partial charge in [0.05, 0.1) is 15.1 Å². The van der Waals surface area contributed by atoms with Gasteiger partial charge in [-0.25, -0.2) is 8.42 Å². The first-order valence-corrected chi connectivity index (χ1v) is 14.1. The fraction of sp³-hybridized carbons (Fsp3) is 0.391. The van der Waals surface area contributed by atoms with Crippen molar-refractivity contribution in [3.05, 3.63) is 52.8 Å². The number of aromatic nitrogens is 1. The number of amides is 1. The van der Waals surface area contributed by atoms with Crippen LogP contribution in [0.3, 0.4) is 0 Å². The number of carbonyl (C=O) groups is 1. The van der Waals surface area contributed by atoms with Crippen molar-refractivity contribution >= 4 is 49.2 Å². The van der Waals surface area contributed by atoms with Crippen molar-refractivity contribution in [1.29, 1.82) is 0 Å². The van der Waals surface area contributed by atoms with Crippen molar-refractivity contribution in [3.8, 4) is 0 Å². The maximum absolute atomic E-state index is 13.0. The number of rotatable bonds is 5. The molecule has 1 fully saturated rings. The number of nitrogens with zero attached hydrogens (tertiary/aromatic N) is 3. The van der Waals surface area contributed by atoms with Crippen LogP contribution < -0.4 is 4.80 Å². The molecule has 1 amide bonds. The van der Waals surface area contributed by atoms with E-state index in [0.29, 0.717) is 35.6 Å². The molecule has 6 nitrogen and oxygen atoms in total. The molecule has 0 unspecified atom stereocenters. The molecular formula is C23H27N3O3S3. The first kappa shape index (κ1) is 23.2. The number of benzene rings is 2. The Labute approximate surface area is 197 Å². The van der Waals surface area contributed by atoms with E-state index in [1.54, 1.807) is 36.0 Å². The molecule has 2 heterocycles. The highest BCUT2D eigenvalue weighted by Gasteiger charge is 2.32. The molecule has 0 N–H and O–H groups in total. The molecular weight excluding hydrogens is 462 g/mol. The van der Waals surface area contributed by atoms with E-state index in [1.165, 1.54) is 20.5 Å². The van der Waals surface area contributed by atoms with Crippen molar-refractivity contribution in [3.63, 3.8) is 0 Å². The molecule has 4 rings (SSSR count). The number of thioether (sulfide) groups is 1. The smallest absolute Gasteiger partial charge is 0.251 e. The Kier molecular flexibility index (Phi) is 6.90. The second-order valence-corrected chi connectivity index (χ2v) is 11.7. The fourth-order valence-electron chi connectivity index (χ4n) is 3.96. The lowest BCUT2D eigenvalue weighted by Crippen LogP contribution is -2.40. The van der Waals surface area contributed by atoms with Crippen LogP contribution in [0.25, 0.3) is 10.2 Å². The third kappa shape index (κ3) is 4.57. The van der Waals surface area contributed by atoms with Crippen molar-refractivity contribution in [2.45, 2.75) is 43.0 Å². The topological polar surface area (TPSA) is 71.7 Å². The van der Waals surface area contributed by atoms with Crippen LogP contribution in [0.2, 0.25) is 0 Å². The molecule has 0 aliphatic carbocycles. The van der Waals surface area contributed by atoms with Crippen molar-refractivity contribution < 1.29 is 13.2 Å². The second-order valence-electron chi connectivity index (χ2n) is 7.90. The van der Waals surface area contributed by atoms with Crippen LogP contribution >= 0.6 is 23.1 Å². The summed E-state index contributed by atoms with van der Waals surface area (Å²) < 4.78 is 30.5. The highest BCUT2D eigenvalue weighted by Crippen LogP contribution is 2.26. The van der Waals surface area contributed by atoms with Gasteiger partial charge < -0.3 is 4.57 Å². The molecule has 1 aromatic heterocycles. The Morgan fingerprint density at radius 2 is 1.84 bits per heavy atom. The first-order valence-electron chi connectivity index (χ1n) is 10.7. The molecule has 3 aromatic rings. The van der Waals surface area contributed by atoms with Gasteiger partial charge in [-0.2, -0.15) is 9.30 Å². The van der Waals surface area contributed by atoms with Gasteiger partial charge in [-0.1, -0.05) is 29.0 Å². The molecule has 1 aliphatic heterocycles. The van der Waals surface area contributed by atoms with Gasteiger partial charge in [0.25, 0.3) is 5.91 Å². The largest absolute Gasteiger partial charge is 0.317 e. The van der Waals surface area contributed by atoms with Gasteiger partial charge in [0, 0.05) is 30.4 Å². The van der Waals surface area contributed by atoms with Crippen LogP contribution in [-0.2, 0) is 21.4 Å². The summed E-state index contributed by atoms with van der Waals surface area (Å²) in [5.41, 5.74) is 2.10. The number of fused-ring (bicyclic) bond motifs is 1. The lowest BCUT2D eigenvalue weighted by Gasteiger charge is -2.29. The number of aryl methyl sites for hydroxylation is 2. The standard InChI is InChI=1S/C23H27N3O3S3/c1-4-26-20-10-7-18(30-3)15-21(20)31-23(26)24-22(27)17-11-13-25(14-12-17)32(28,29)19-8-5-16(2)6-9-19/h5-10,15,17H,4,11-14H2,1-3H3. The summed E-state index contributed by atoms with van der Waals surface area (Å²) >= 11 is 3.22. The second kappa shape index (κ2) is 9.51. The average Bonchev–Trinajstić information content (AvgIpc) is 3.15. The quantitative estimate of drug-likeness (QED) is 0.502. The molecule has 2 aromatic carbocycles. The normalized spacial score (nSPS) is 16.7. The third-order valence-electron chi connectivity index (χ3n) is 5.87. The minimum atomic E-state index is -3.53. The van der Waals surface area contributed by atoms with E-state index < -0.39 is 10.0 Å². The van der Waals surface area contributed by atoms with E-state index in [9.17, 15) is 13.2 Å². The summed E-state index contributed by atoms with van der Waals surface area (Å²) in [5, 5.41) is 0.